The largest absolute Gasteiger partial charge is 0.360 e. The Labute approximate surface area is 94.8 Å². The molecule has 2 aromatic rings. The summed E-state index contributed by atoms with van der Waals surface area (Å²) in [4.78, 5) is 14.6. The number of Topliss-reactive ketones (excluding diaryl/α,β-unsaturated/α-hetero) is 1. The Bertz CT molecular complexity index is 565. The van der Waals surface area contributed by atoms with Gasteiger partial charge in [-0.05, 0) is 18.2 Å². The molecule has 0 spiro atoms. The van der Waals surface area contributed by atoms with Crippen molar-refractivity contribution in [1.29, 1.82) is 5.26 Å². The van der Waals surface area contributed by atoms with Gasteiger partial charge in [-0.3, -0.25) is 4.79 Å². The number of hydrogen-bond donors (Lipinski definition) is 1. The van der Waals surface area contributed by atoms with Crippen molar-refractivity contribution in [2.24, 2.45) is 0 Å². The van der Waals surface area contributed by atoms with E-state index in [9.17, 15) is 4.79 Å². The lowest BCUT2D eigenvalue weighted by molar-refractivity contribution is 0.0999. The quantitative estimate of drug-likeness (QED) is 0.846. The highest BCUT2D eigenvalue weighted by atomic mass is 79.9. The monoisotopic (exact) mass is 262 g/mol. The third kappa shape index (κ3) is 1.79. The van der Waals surface area contributed by atoms with Crippen molar-refractivity contribution in [2.45, 2.75) is 6.42 Å². The predicted octanol–water partition coefficient (Wildman–Crippen LogP) is 3.03. The lowest BCUT2D eigenvalue weighted by Gasteiger charge is -1.95. The molecule has 0 atom stereocenters. The number of benzene rings is 1. The number of rotatable bonds is 2. The van der Waals surface area contributed by atoms with Gasteiger partial charge in [0.15, 0.2) is 5.78 Å². The maximum absolute atomic E-state index is 11.6. The Hall–Kier alpha value is -1.60. The molecule has 0 aliphatic carbocycles. The first-order valence-electron chi connectivity index (χ1n) is 4.39. The summed E-state index contributed by atoms with van der Waals surface area (Å²) in [5, 5.41) is 9.32. The predicted molar refractivity (Wildman–Crippen MR) is 60.6 cm³/mol. The second kappa shape index (κ2) is 3.87. The van der Waals surface area contributed by atoms with E-state index in [1.807, 2.05) is 24.3 Å². The molecule has 0 saturated heterocycles. The highest BCUT2D eigenvalue weighted by molar-refractivity contribution is 9.10. The number of carbonyl (C=O) groups excluding carboxylic acids is 1. The molecule has 0 amide bonds. The van der Waals surface area contributed by atoms with Crippen LogP contribution in [0.3, 0.4) is 0 Å². The summed E-state index contributed by atoms with van der Waals surface area (Å²) in [5.41, 5.74) is 1.48. The topological polar surface area (TPSA) is 56.6 Å². The van der Waals surface area contributed by atoms with Crippen LogP contribution in [0, 0.1) is 11.3 Å². The number of aromatic nitrogens is 1. The fourth-order valence-electron chi connectivity index (χ4n) is 1.49. The van der Waals surface area contributed by atoms with Gasteiger partial charge in [0.2, 0.25) is 0 Å². The zero-order valence-electron chi connectivity index (χ0n) is 7.75. The summed E-state index contributed by atoms with van der Waals surface area (Å²) in [6, 6.07) is 7.52. The van der Waals surface area contributed by atoms with Crippen LogP contribution in [0.5, 0.6) is 0 Å². The summed E-state index contributed by atoms with van der Waals surface area (Å²) in [6.07, 6.45) is 1.57. The summed E-state index contributed by atoms with van der Waals surface area (Å²) in [6.45, 7) is 0. The Morgan fingerprint density at radius 2 is 2.33 bits per heavy atom. The first-order chi connectivity index (χ1) is 7.22. The van der Waals surface area contributed by atoms with E-state index in [0.29, 0.717) is 5.56 Å². The lowest BCUT2D eigenvalue weighted by atomic mass is 10.1. The van der Waals surface area contributed by atoms with E-state index >= 15 is 0 Å². The second-order valence-electron chi connectivity index (χ2n) is 3.15. The number of aromatic amines is 1. The average Bonchev–Trinajstić information content (AvgIpc) is 2.60. The molecule has 0 fully saturated rings. The fourth-order valence-corrected chi connectivity index (χ4v) is 1.85. The number of hydrogen-bond acceptors (Lipinski definition) is 2. The Morgan fingerprint density at radius 1 is 1.53 bits per heavy atom. The molecule has 1 aromatic carbocycles. The Balaban J connectivity index is 2.58. The number of halogens is 1. The summed E-state index contributed by atoms with van der Waals surface area (Å²) in [5.74, 6) is -0.151. The van der Waals surface area contributed by atoms with Gasteiger partial charge in [0.25, 0.3) is 0 Å². The van der Waals surface area contributed by atoms with Crippen LogP contribution in [-0.4, -0.2) is 10.8 Å². The first kappa shape index (κ1) is 9.94. The SMILES string of the molecule is N#CCC(=O)c1c[nH]c2ccc(Br)cc12. The zero-order chi connectivity index (χ0) is 10.8. The molecule has 0 aliphatic heterocycles. The molecule has 4 heteroatoms. The Kier molecular flexibility index (Phi) is 2.57. The number of ketones is 1. The van der Waals surface area contributed by atoms with Crippen molar-refractivity contribution >= 4 is 32.6 Å². The number of nitriles is 1. The van der Waals surface area contributed by atoms with Gasteiger partial charge in [0.1, 0.15) is 0 Å². The first-order valence-corrected chi connectivity index (χ1v) is 5.18. The molecule has 0 aliphatic rings. The zero-order valence-corrected chi connectivity index (χ0v) is 9.34. The summed E-state index contributed by atoms with van der Waals surface area (Å²) in [7, 11) is 0. The van der Waals surface area contributed by atoms with Gasteiger partial charge in [-0.25, -0.2) is 0 Å². The van der Waals surface area contributed by atoms with Crippen LogP contribution in [0.25, 0.3) is 10.9 Å². The number of nitrogens with zero attached hydrogens (tertiary/aromatic N) is 1. The van der Waals surface area contributed by atoms with Gasteiger partial charge in [-0.1, -0.05) is 15.9 Å². The smallest absolute Gasteiger partial charge is 0.179 e. The highest BCUT2D eigenvalue weighted by Crippen LogP contribution is 2.23. The van der Waals surface area contributed by atoms with E-state index in [0.717, 1.165) is 15.4 Å². The fraction of sp³-hybridized carbons (Fsp3) is 0.0909. The minimum absolute atomic E-state index is 0.0839. The van der Waals surface area contributed by atoms with Gasteiger partial charge >= 0.3 is 0 Å². The van der Waals surface area contributed by atoms with E-state index < -0.39 is 0 Å². The van der Waals surface area contributed by atoms with Crippen LogP contribution in [0.1, 0.15) is 16.8 Å². The van der Waals surface area contributed by atoms with Crippen molar-refractivity contribution in [3.8, 4) is 6.07 Å². The van der Waals surface area contributed by atoms with Crippen LogP contribution in [0.4, 0.5) is 0 Å². The van der Waals surface area contributed by atoms with Crippen molar-refractivity contribution in [3.63, 3.8) is 0 Å². The Morgan fingerprint density at radius 3 is 3.07 bits per heavy atom. The maximum Gasteiger partial charge on any atom is 0.179 e. The van der Waals surface area contributed by atoms with E-state index in [1.54, 1.807) is 6.20 Å². The number of H-pyrrole nitrogens is 1. The van der Waals surface area contributed by atoms with Gasteiger partial charge in [0, 0.05) is 27.1 Å². The molecule has 15 heavy (non-hydrogen) atoms. The summed E-state index contributed by atoms with van der Waals surface area (Å²) >= 11 is 3.35. The van der Waals surface area contributed by atoms with Crippen LogP contribution in [0.15, 0.2) is 28.9 Å². The maximum atomic E-state index is 11.6. The van der Waals surface area contributed by atoms with Crippen LogP contribution >= 0.6 is 15.9 Å². The van der Waals surface area contributed by atoms with Crippen LogP contribution in [0.2, 0.25) is 0 Å². The third-order valence-electron chi connectivity index (χ3n) is 2.18. The molecule has 2 rings (SSSR count). The normalized spacial score (nSPS) is 10.1. The summed E-state index contributed by atoms with van der Waals surface area (Å²) < 4.78 is 0.917. The number of carbonyl (C=O) groups is 1. The standard InChI is InChI=1S/C11H7BrN2O/c12-7-1-2-10-8(5-7)9(6-14-10)11(15)3-4-13/h1-2,5-6,14H,3H2. The van der Waals surface area contributed by atoms with Gasteiger partial charge in [-0.15, -0.1) is 0 Å². The van der Waals surface area contributed by atoms with E-state index in [2.05, 4.69) is 20.9 Å². The van der Waals surface area contributed by atoms with Crippen molar-refractivity contribution < 1.29 is 4.79 Å². The molecule has 0 bridgehead atoms. The second-order valence-corrected chi connectivity index (χ2v) is 4.07. The van der Waals surface area contributed by atoms with E-state index in [-0.39, 0.29) is 12.2 Å². The van der Waals surface area contributed by atoms with Crippen LogP contribution < -0.4 is 0 Å². The van der Waals surface area contributed by atoms with Gasteiger partial charge in [0.05, 0.1) is 12.5 Å². The third-order valence-corrected chi connectivity index (χ3v) is 2.68. The molecular formula is C11H7BrN2O. The molecule has 1 aromatic heterocycles. The van der Waals surface area contributed by atoms with Crippen LogP contribution in [-0.2, 0) is 0 Å². The molecule has 3 nitrogen and oxygen atoms in total. The molecule has 0 saturated carbocycles. The van der Waals surface area contributed by atoms with Crippen molar-refractivity contribution in [1.82, 2.24) is 4.98 Å². The van der Waals surface area contributed by atoms with Crippen molar-refractivity contribution in [2.75, 3.05) is 0 Å². The average molecular weight is 263 g/mol. The molecule has 74 valence electrons. The molecule has 1 N–H and O–H groups in total. The molecule has 0 unspecified atom stereocenters. The molecule has 1 heterocycles. The van der Waals surface area contributed by atoms with E-state index in [4.69, 9.17) is 5.26 Å². The highest BCUT2D eigenvalue weighted by Gasteiger charge is 2.11. The van der Waals surface area contributed by atoms with E-state index in [1.165, 1.54) is 0 Å². The number of fused-ring (bicyclic) bond motifs is 1. The molecule has 0 radical (unpaired) electrons. The minimum Gasteiger partial charge on any atom is -0.360 e. The number of nitrogens with one attached hydrogen (secondary N) is 1. The van der Waals surface area contributed by atoms with Gasteiger partial charge < -0.3 is 4.98 Å². The van der Waals surface area contributed by atoms with Crippen molar-refractivity contribution in [3.05, 3.63) is 34.4 Å². The van der Waals surface area contributed by atoms with Gasteiger partial charge in [-0.2, -0.15) is 5.26 Å². The minimum atomic E-state index is -0.151. The molecular weight excluding hydrogens is 256 g/mol. The lowest BCUT2D eigenvalue weighted by Crippen LogP contribution is -1.95.